The van der Waals surface area contributed by atoms with Crippen molar-refractivity contribution in [1.82, 2.24) is 9.62 Å². The molecule has 6 nitrogen and oxygen atoms in total. The first-order chi connectivity index (χ1) is 11.4. The maximum atomic E-state index is 12.2. The number of ether oxygens (including phenoxy) is 1. The fraction of sp³-hybridized carbons (Fsp3) is 0.471. The van der Waals surface area contributed by atoms with E-state index < -0.39 is 10.0 Å². The second-order valence-electron chi connectivity index (χ2n) is 5.82. The van der Waals surface area contributed by atoms with Crippen LogP contribution < -0.4 is 9.46 Å². The van der Waals surface area contributed by atoms with Gasteiger partial charge in [0.05, 0.1) is 12.9 Å². The van der Waals surface area contributed by atoms with Gasteiger partial charge in [0.25, 0.3) is 0 Å². The third kappa shape index (κ3) is 5.98. The number of sulfonamides is 1. The molecule has 0 aromatic heterocycles. The highest BCUT2D eigenvalue weighted by Crippen LogP contribution is 2.14. The van der Waals surface area contributed by atoms with E-state index in [9.17, 15) is 13.2 Å². The Kier molecular flexibility index (Phi) is 6.39. The molecule has 1 saturated heterocycles. The number of nitrogens with one attached hydrogen (secondary N) is 1. The van der Waals surface area contributed by atoms with E-state index in [-0.39, 0.29) is 11.9 Å². The summed E-state index contributed by atoms with van der Waals surface area (Å²) >= 11 is 0. The summed E-state index contributed by atoms with van der Waals surface area (Å²) in [5.41, 5.74) is 0.931. The van der Waals surface area contributed by atoms with Crippen molar-refractivity contribution in [3.63, 3.8) is 0 Å². The fourth-order valence-corrected chi connectivity index (χ4v) is 3.48. The average Bonchev–Trinajstić information content (AvgIpc) is 2.53. The third-order valence-corrected chi connectivity index (χ3v) is 4.56. The van der Waals surface area contributed by atoms with Crippen molar-refractivity contribution >= 4 is 22.0 Å². The van der Waals surface area contributed by atoms with Crippen molar-refractivity contribution in [3.8, 4) is 5.75 Å². The van der Waals surface area contributed by atoms with Crippen molar-refractivity contribution in [3.05, 3.63) is 35.9 Å². The Morgan fingerprint density at radius 1 is 1.29 bits per heavy atom. The minimum atomic E-state index is -3.19. The number of amides is 1. The lowest BCUT2D eigenvalue weighted by atomic mass is 10.1. The number of hydrogen-bond donors (Lipinski definition) is 1. The van der Waals surface area contributed by atoms with Gasteiger partial charge in [0.2, 0.25) is 15.9 Å². The number of benzene rings is 1. The van der Waals surface area contributed by atoms with Crippen LogP contribution in [0.3, 0.4) is 0 Å². The summed E-state index contributed by atoms with van der Waals surface area (Å²) in [4.78, 5) is 14.0. The van der Waals surface area contributed by atoms with Crippen molar-refractivity contribution in [1.29, 1.82) is 0 Å². The molecule has 1 aliphatic heterocycles. The summed E-state index contributed by atoms with van der Waals surface area (Å²) in [7, 11) is -3.19. The SMILES string of the molecule is CCOc1ccc(/C=C/C(=O)N2CCC(NS(C)(=O)=O)CC2)cc1. The van der Waals surface area contributed by atoms with Crippen molar-refractivity contribution in [2.75, 3.05) is 26.0 Å². The fourth-order valence-electron chi connectivity index (χ4n) is 2.64. The molecule has 0 bridgehead atoms. The van der Waals surface area contributed by atoms with Gasteiger partial charge in [0, 0.05) is 25.2 Å². The lowest BCUT2D eigenvalue weighted by molar-refractivity contribution is -0.126. The second-order valence-corrected chi connectivity index (χ2v) is 7.60. The highest BCUT2D eigenvalue weighted by molar-refractivity contribution is 7.88. The van der Waals surface area contributed by atoms with Crippen LogP contribution in [-0.4, -0.2) is 51.2 Å². The van der Waals surface area contributed by atoms with Crippen LogP contribution >= 0.6 is 0 Å². The van der Waals surface area contributed by atoms with E-state index in [4.69, 9.17) is 4.74 Å². The molecule has 0 atom stereocenters. The molecular formula is C17H24N2O4S. The number of rotatable bonds is 6. The molecule has 1 aliphatic rings. The van der Waals surface area contributed by atoms with Crippen LogP contribution in [0, 0.1) is 0 Å². The van der Waals surface area contributed by atoms with E-state index in [0.29, 0.717) is 32.5 Å². The van der Waals surface area contributed by atoms with Crippen molar-refractivity contribution < 1.29 is 17.9 Å². The number of likely N-dealkylation sites (tertiary alicyclic amines) is 1. The van der Waals surface area contributed by atoms with Crippen LogP contribution in [0.1, 0.15) is 25.3 Å². The van der Waals surface area contributed by atoms with Gasteiger partial charge in [-0.2, -0.15) is 0 Å². The summed E-state index contributed by atoms with van der Waals surface area (Å²) in [5, 5.41) is 0. The van der Waals surface area contributed by atoms with Gasteiger partial charge in [-0.3, -0.25) is 4.79 Å². The molecule has 7 heteroatoms. The van der Waals surface area contributed by atoms with Crippen LogP contribution in [0.2, 0.25) is 0 Å². The Morgan fingerprint density at radius 3 is 2.46 bits per heavy atom. The molecule has 1 aromatic rings. The molecule has 0 aliphatic carbocycles. The van der Waals surface area contributed by atoms with E-state index in [2.05, 4.69) is 4.72 Å². The first kappa shape index (κ1) is 18.5. The lowest BCUT2D eigenvalue weighted by Crippen LogP contribution is -2.45. The monoisotopic (exact) mass is 352 g/mol. The zero-order valence-corrected chi connectivity index (χ0v) is 14.9. The van der Waals surface area contributed by atoms with Gasteiger partial charge >= 0.3 is 0 Å². The smallest absolute Gasteiger partial charge is 0.246 e. The Balaban J connectivity index is 1.84. The molecule has 1 heterocycles. The largest absolute Gasteiger partial charge is 0.494 e. The molecule has 0 radical (unpaired) electrons. The first-order valence-electron chi connectivity index (χ1n) is 8.04. The maximum Gasteiger partial charge on any atom is 0.246 e. The normalized spacial score (nSPS) is 16.5. The Bertz CT molecular complexity index is 675. The average molecular weight is 352 g/mol. The van der Waals surface area contributed by atoms with Gasteiger partial charge in [0.15, 0.2) is 0 Å². The highest BCUT2D eigenvalue weighted by atomic mass is 32.2. The summed E-state index contributed by atoms with van der Waals surface area (Å²) in [5.74, 6) is 0.753. The van der Waals surface area contributed by atoms with Gasteiger partial charge in [0.1, 0.15) is 5.75 Å². The van der Waals surface area contributed by atoms with Gasteiger partial charge in [-0.05, 0) is 43.5 Å². The molecule has 0 saturated carbocycles. The molecule has 132 valence electrons. The van der Waals surface area contributed by atoms with Crippen molar-refractivity contribution in [2.45, 2.75) is 25.8 Å². The molecule has 0 unspecified atom stereocenters. The van der Waals surface area contributed by atoms with Crippen LogP contribution in [-0.2, 0) is 14.8 Å². The second kappa shape index (κ2) is 8.30. The number of carbonyl (C=O) groups is 1. The quantitative estimate of drug-likeness (QED) is 0.790. The zero-order chi connectivity index (χ0) is 17.6. The minimum absolute atomic E-state index is 0.0540. The predicted molar refractivity (Wildman–Crippen MR) is 94.2 cm³/mol. The van der Waals surface area contributed by atoms with Gasteiger partial charge < -0.3 is 9.64 Å². The van der Waals surface area contributed by atoms with E-state index in [1.807, 2.05) is 31.2 Å². The van der Waals surface area contributed by atoms with Crippen LogP contribution in [0.5, 0.6) is 5.75 Å². The standard InChI is InChI=1S/C17H24N2O4S/c1-3-23-16-7-4-14(5-8-16)6-9-17(20)19-12-10-15(11-13-19)18-24(2,21)22/h4-9,15,18H,3,10-13H2,1-2H3/b9-6+. The molecule has 24 heavy (non-hydrogen) atoms. The molecular weight excluding hydrogens is 328 g/mol. The molecule has 2 rings (SSSR count). The minimum Gasteiger partial charge on any atom is -0.494 e. The van der Waals surface area contributed by atoms with Gasteiger partial charge in [-0.1, -0.05) is 12.1 Å². The number of carbonyl (C=O) groups excluding carboxylic acids is 1. The lowest BCUT2D eigenvalue weighted by Gasteiger charge is -2.31. The van der Waals surface area contributed by atoms with Crippen LogP contribution in [0.25, 0.3) is 6.08 Å². The van der Waals surface area contributed by atoms with E-state index >= 15 is 0 Å². The molecule has 0 spiro atoms. The number of piperidine rings is 1. The van der Waals surface area contributed by atoms with Crippen LogP contribution in [0.4, 0.5) is 0 Å². The highest BCUT2D eigenvalue weighted by Gasteiger charge is 2.23. The molecule has 1 aromatic carbocycles. The topological polar surface area (TPSA) is 75.7 Å². The third-order valence-electron chi connectivity index (χ3n) is 3.80. The maximum absolute atomic E-state index is 12.2. The summed E-state index contributed by atoms with van der Waals surface area (Å²) in [6.07, 6.45) is 5.76. The molecule has 1 fully saturated rings. The zero-order valence-electron chi connectivity index (χ0n) is 14.1. The van der Waals surface area contributed by atoms with Gasteiger partial charge in [-0.25, -0.2) is 13.1 Å². The summed E-state index contributed by atoms with van der Waals surface area (Å²) < 4.78 is 30.4. The number of hydrogen-bond acceptors (Lipinski definition) is 4. The van der Waals surface area contributed by atoms with Crippen LogP contribution in [0.15, 0.2) is 30.3 Å². The Morgan fingerprint density at radius 2 is 1.92 bits per heavy atom. The Labute approximate surface area is 143 Å². The van der Waals surface area contributed by atoms with E-state index in [0.717, 1.165) is 17.6 Å². The molecule has 1 amide bonds. The van der Waals surface area contributed by atoms with E-state index in [1.165, 1.54) is 0 Å². The van der Waals surface area contributed by atoms with E-state index in [1.54, 1.807) is 17.1 Å². The summed E-state index contributed by atoms with van der Waals surface area (Å²) in [6, 6.07) is 7.46. The predicted octanol–water partition coefficient (Wildman–Crippen LogP) is 1.64. The molecule has 1 N–H and O–H groups in total. The summed E-state index contributed by atoms with van der Waals surface area (Å²) in [6.45, 7) is 3.66. The first-order valence-corrected chi connectivity index (χ1v) is 9.93. The number of nitrogens with zero attached hydrogens (tertiary/aromatic N) is 1. The Hall–Kier alpha value is -1.86. The van der Waals surface area contributed by atoms with Gasteiger partial charge in [-0.15, -0.1) is 0 Å². The van der Waals surface area contributed by atoms with Crippen molar-refractivity contribution in [2.24, 2.45) is 0 Å².